The summed E-state index contributed by atoms with van der Waals surface area (Å²) in [6.45, 7) is 3.29. The van der Waals surface area contributed by atoms with E-state index < -0.39 is 0 Å². The number of hydrogen-bond donors (Lipinski definition) is 0. The Kier molecular flexibility index (Phi) is 6.11. The van der Waals surface area contributed by atoms with Gasteiger partial charge >= 0.3 is 0 Å². The molecule has 1 amide bonds. The van der Waals surface area contributed by atoms with E-state index in [1.807, 2.05) is 62.3 Å². The molecule has 27 heavy (non-hydrogen) atoms. The quantitative estimate of drug-likeness (QED) is 0.777. The fourth-order valence-electron chi connectivity index (χ4n) is 2.99. The molecule has 1 unspecified atom stereocenters. The average molecular weight is 370 g/mol. The Morgan fingerprint density at radius 2 is 2.11 bits per heavy atom. The molecule has 2 heterocycles. The van der Waals surface area contributed by atoms with Gasteiger partial charge in [-0.1, -0.05) is 12.1 Å². The zero-order valence-electron chi connectivity index (χ0n) is 16.1. The number of aryl methyl sites for hydroxylation is 1. The van der Waals surface area contributed by atoms with Crippen molar-refractivity contribution in [3.8, 4) is 11.6 Å². The fourth-order valence-corrected chi connectivity index (χ4v) is 2.99. The van der Waals surface area contributed by atoms with Crippen molar-refractivity contribution in [2.75, 3.05) is 38.7 Å². The Morgan fingerprint density at radius 1 is 1.26 bits per heavy atom. The highest BCUT2D eigenvalue weighted by atomic mass is 16.5. The molecule has 0 saturated carbocycles. The minimum absolute atomic E-state index is 0.0288. The maximum absolute atomic E-state index is 12.5. The third-order valence-corrected chi connectivity index (χ3v) is 4.45. The SMILES string of the molecule is Cc1cccc(OCC(=O)N2CCCC(Oc3ccc(N(C)C)nn3)C2)c1. The van der Waals surface area contributed by atoms with Crippen LogP contribution in [0.3, 0.4) is 0 Å². The van der Waals surface area contributed by atoms with Crippen LogP contribution in [0.15, 0.2) is 36.4 Å². The molecule has 3 rings (SSSR count). The van der Waals surface area contributed by atoms with Gasteiger partial charge < -0.3 is 19.3 Å². The molecule has 1 atom stereocenters. The molecule has 1 saturated heterocycles. The lowest BCUT2D eigenvalue weighted by Crippen LogP contribution is -2.46. The second kappa shape index (κ2) is 8.70. The Hall–Kier alpha value is -2.83. The second-order valence-corrected chi connectivity index (χ2v) is 6.95. The molecule has 1 aliphatic rings. The Balaban J connectivity index is 1.51. The lowest BCUT2D eigenvalue weighted by atomic mass is 10.1. The van der Waals surface area contributed by atoms with Gasteiger partial charge in [0.2, 0.25) is 5.88 Å². The van der Waals surface area contributed by atoms with Crippen LogP contribution in [0, 0.1) is 6.92 Å². The first kappa shape index (κ1) is 18.9. The summed E-state index contributed by atoms with van der Waals surface area (Å²) in [4.78, 5) is 16.2. The first-order chi connectivity index (χ1) is 13.0. The van der Waals surface area contributed by atoms with E-state index in [0.717, 1.165) is 30.8 Å². The smallest absolute Gasteiger partial charge is 0.260 e. The van der Waals surface area contributed by atoms with Crippen LogP contribution in [0.2, 0.25) is 0 Å². The summed E-state index contributed by atoms with van der Waals surface area (Å²) >= 11 is 0. The lowest BCUT2D eigenvalue weighted by molar-refractivity contribution is -0.136. The van der Waals surface area contributed by atoms with Crippen LogP contribution in [0.25, 0.3) is 0 Å². The van der Waals surface area contributed by atoms with Crippen LogP contribution in [0.4, 0.5) is 5.82 Å². The molecule has 144 valence electrons. The van der Waals surface area contributed by atoms with Crippen LogP contribution in [0.1, 0.15) is 18.4 Å². The van der Waals surface area contributed by atoms with Crippen molar-refractivity contribution in [1.29, 1.82) is 0 Å². The number of ether oxygens (including phenoxy) is 2. The van der Waals surface area contributed by atoms with E-state index in [0.29, 0.717) is 18.2 Å². The van der Waals surface area contributed by atoms with Gasteiger partial charge in [-0.3, -0.25) is 4.79 Å². The number of carbonyl (C=O) groups is 1. The van der Waals surface area contributed by atoms with Gasteiger partial charge in [0.25, 0.3) is 5.91 Å². The zero-order valence-corrected chi connectivity index (χ0v) is 16.1. The number of benzene rings is 1. The predicted molar refractivity (Wildman–Crippen MR) is 103 cm³/mol. The number of anilines is 1. The molecular weight excluding hydrogens is 344 g/mol. The Labute approximate surface area is 159 Å². The molecule has 0 radical (unpaired) electrons. The third-order valence-electron chi connectivity index (χ3n) is 4.45. The molecule has 7 heteroatoms. The van der Waals surface area contributed by atoms with Crippen LogP contribution in [0.5, 0.6) is 11.6 Å². The van der Waals surface area contributed by atoms with E-state index in [1.54, 1.807) is 4.90 Å². The van der Waals surface area contributed by atoms with Gasteiger partial charge in [0.1, 0.15) is 11.9 Å². The predicted octanol–water partition coefficient (Wildman–Crippen LogP) is 2.30. The largest absolute Gasteiger partial charge is 0.484 e. The number of aromatic nitrogens is 2. The molecule has 0 aliphatic carbocycles. The molecule has 1 fully saturated rings. The van der Waals surface area contributed by atoms with E-state index in [2.05, 4.69) is 10.2 Å². The first-order valence-electron chi connectivity index (χ1n) is 9.16. The number of amides is 1. The number of rotatable bonds is 6. The number of hydrogen-bond acceptors (Lipinski definition) is 6. The molecule has 1 aromatic heterocycles. The van der Waals surface area contributed by atoms with Gasteiger partial charge in [-0.05, 0) is 43.5 Å². The number of carbonyl (C=O) groups excluding carboxylic acids is 1. The molecule has 1 aliphatic heterocycles. The average Bonchev–Trinajstić information content (AvgIpc) is 2.67. The Morgan fingerprint density at radius 3 is 2.81 bits per heavy atom. The minimum Gasteiger partial charge on any atom is -0.484 e. The van der Waals surface area contributed by atoms with Crippen molar-refractivity contribution in [1.82, 2.24) is 15.1 Å². The number of likely N-dealkylation sites (tertiary alicyclic amines) is 1. The maximum Gasteiger partial charge on any atom is 0.260 e. The lowest BCUT2D eigenvalue weighted by Gasteiger charge is -2.32. The van der Waals surface area contributed by atoms with E-state index >= 15 is 0 Å². The van der Waals surface area contributed by atoms with E-state index in [-0.39, 0.29) is 18.6 Å². The molecule has 1 aromatic carbocycles. The van der Waals surface area contributed by atoms with Crippen molar-refractivity contribution in [3.05, 3.63) is 42.0 Å². The summed E-state index contributed by atoms with van der Waals surface area (Å²) in [5.74, 6) is 1.94. The van der Waals surface area contributed by atoms with Crippen LogP contribution < -0.4 is 14.4 Å². The third kappa shape index (κ3) is 5.32. The van der Waals surface area contributed by atoms with E-state index in [1.165, 1.54) is 0 Å². The maximum atomic E-state index is 12.5. The summed E-state index contributed by atoms with van der Waals surface area (Å²) in [7, 11) is 3.82. The van der Waals surface area contributed by atoms with Crippen LogP contribution in [-0.4, -0.2) is 60.9 Å². The van der Waals surface area contributed by atoms with Crippen molar-refractivity contribution < 1.29 is 14.3 Å². The monoisotopic (exact) mass is 370 g/mol. The van der Waals surface area contributed by atoms with Gasteiger partial charge in [-0.2, -0.15) is 0 Å². The fraction of sp³-hybridized carbons (Fsp3) is 0.450. The normalized spacial score (nSPS) is 16.7. The Bertz CT molecular complexity index is 764. The summed E-state index contributed by atoms with van der Waals surface area (Å²) in [5.41, 5.74) is 1.10. The van der Waals surface area contributed by atoms with Gasteiger partial charge in [0, 0.05) is 26.7 Å². The summed E-state index contributed by atoms with van der Waals surface area (Å²) in [6, 6.07) is 11.4. The van der Waals surface area contributed by atoms with Crippen molar-refractivity contribution in [3.63, 3.8) is 0 Å². The summed E-state index contributed by atoms with van der Waals surface area (Å²) < 4.78 is 11.6. The molecule has 0 N–H and O–H groups in total. The zero-order chi connectivity index (χ0) is 19.2. The number of nitrogens with zero attached hydrogens (tertiary/aromatic N) is 4. The highest BCUT2D eigenvalue weighted by Gasteiger charge is 2.25. The molecule has 7 nitrogen and oxygen atoms in total. The van der Waals surface area contributed by atoms with Gasteiger partial charge in [-0.25, -0.2) is 0 Å². The van der Waals surface area contributed by atoms with Crippen molar-refractivity contribution in [2.24, 2.45) is 0 Å². The summed E-state index contributed by atoms with van der Waals surface area (Å²) in [5, 5.41) is 8.22. The molecule has 0 spiro atoms. The van der Waals surface area contributed by atoms with Crippen LogP contribution in [-0.2, 0) is 4.79 Å². The minimum atomic E-state index is -0.0822. The molecule has 0 bridgehead atoms. The highest BCUT2D eigenvalue weighted by Crippen LogP contribution is 2.18. The van der Waals surface area contributed by atoms with E-state index in [4.69, 9.17) is 9.47 Å². The first-order valence-corrected chi connectivity index (χ1v) is 9.16. The van der Waals surface area contributed by atoms with E-state index in [9.17, 15) is 4.79 Å². The topological polar surface area (TPSA) is 67.8 Å². The van der Waals surface area contributed by atoms with Gasteiger partial charge in [0.15, 0.2) is 12.4 Å². The molecule has 2 aromatic rings. The second-order valence-electron chi connectivity index (χ2n) is 6.95. The van der Waals surface area contributed by atoms with Gasteiger partial charge in [0.05, 0.1) is 6.54 Å². The highest BCUT2D eigenvalue weighted by molar-refractivity contribution is 5.77. The number of piperidine rings is 1. The summed E-state index contributed by atoms with van der Waals surface area (Å²) in [6.07, 6.45) is 1.70. The van der Waals surface area contributed by atoms with Crippen molar-refractivity contribution >= 4 is 11.7 Å². The standard InChI is InChI=1S/C20H26N4O3/c1-15-6-4-7-16(12-15)26-14-20(25)24-11-5-8-17(13-24)27-19-10-9-18(21-22-19)23(2)3/h4,6-7,9-10,12,17H,5,8,11,13-14H2,1-3H3. The molecular formula is C20H26N4O3. The van der Waals surface area contributed by atoms with Crippen LogP contribution >= 0.6 is 0 Å². The van der Waals surface area contributed by atoms with Gasteiger partial charge in [-0.15, -0.1) is 10.2 Å². The van der Waals surface area contributed by atoms with Crippen molar-refractivity contribution in [2.45, 2.75) is 25.9 Å².